The SMILES string of the molecule is CC(Sc1nnc(-c2c[nH]c3ccccc23)o1)C(=O)Nc1ccc(N2CCCCC2)cc1. The summed E-state index contributed by atoms with van der Waals surface area (Å²) in [5, 5.41) is 12.3. The molecule has 0 aliphatic carbocycles. The van der Waals surface area contributed by atoms with Crippen molar-refractivity contribution in [2.24, 2.45) is 0 Å². The Balaban J connectivity index is 1.21. The maximum Gasteiger partial charge on any atom is 0.277 e. The van der Waals surface area contributed by atoms with Crippen molar-refractivity contribution >= 4 is 39.9 Å². The molecule has 1 fully saturated rings. The average molecular weight is 448 g/mol. The average Bonchev–Trinajstić information content (AvgIpc) is 3.47. The van der Waals surface area contributed by atoms with Crippen molar-refractivity contribution in [3.8, 4) is 11.5 Å². The summed E-state index contributed by atoms with van der Waals surface area (Å²) < 4.78 is 5.83. The predicted molar refractivity (Wildman–Crippen MR) is 128 cm³/mol. The number of benzene rings is 2. The highest BCUT2D eigenvalue weighted by atomic mass is 32.2. The molecule has 0 bridgehead atoms. The van der Waals surface area contributed by atoms with Crippen molar-refractivity contribution in [1.82, 2.24) is 15.2 Å². The number of fused-ring (bicyclic) bond motifs is 1. The molecule has 2 N–H and O–H groups in total. The Labute approximate surface area is 190 Å². The topological polar surface area (TPSA) is 87.0 Å². The smallest absolute Gasteiger partial charge is 0.277 e. The molecule has 5 rings (SSSR count). The summed E-state index contributed by atoms with van der Waals surface area (Å²) in [6.07, 6.45) is 5.65. The Morgan fingerprint density at radius 3 is 2.69 bits per heavy atom. The van der Waals surface area contributed by atoms with Gasteiger partial charge in [0.2, 0.25) is 5.91 Å². The summed E-state index contributed by atoms with van der Waals surface area (Å²) in [5.41, 5.74) is 3.86. The van der Waals surface area contributed by atoms with Crippen LogP contribution in [0.1, 0.15) is 26.2 Å². The number of nitrogens with zero attached hydrogens (tertiary/aromatic N) is 3. The molecule has 1 atom stereocenters. The maximum absolute atomic E-state index is 12.7. The third kappa shape index (κ3) is 4.36. The zero-order valence-corrected chi connectivity index (χ0v) is 18.7. The molecule has 1 aliphatic heterocycles. The number of hydrogen-bond donors (Lipinski definition) is 2. The highest BCUT2D eigenvalue weighted by Gasteiger charge is 2.20. The van der Waals surface area contributed by atoms with E-state index < -0.39 is 0 Å². The van der Waals surface area contributed by atoms with Crippen LogP contribution in [0.3, 0.4) is 0 Å². The molecule has 8 heteroatoms. The highest BCUT2D eigenvalue weighted by molar-refractivity contribution is 8.00. The first-order valence-electron chi connectivity index (χ1n) is 10.9. The molecule has 164 valence electrons. The van der Waals surface area contributed by atoms with Gasteiger partial charge in [-0.05, 0) is 56.5 Å². The van der Waals surface area contributed by atoms with Crippen LogP contribution in [-0.4, -0.2) is 39.4 Å². The first kappa shape index (κ1) is 20.6. The van der Waals surface area contributed by atoms with Gasteiger partial charge in [0.25, 0.3) is 11.1 Å². The minimum Gasteiger partial charge on any atom is -0.411 e. The molecule has 1 saturated heterocycles. The van der Waals surface area contributed by atoms with Crippen LogP contribution in [0, 0.1) is 0 Å². The molecule has 7 nitrogen and oxygen atoms in total. The maximum atomic E-state index is 12.7. The van der Waals surface area contributed by atoms with E-state index >= 15 is 0 Å². The second-order valence-corrected chi connectivity index (χ2v) is 9.26. The number of thioether (sulfide) groups is 1. The molecule has 1 aliphatic rings. The van der Waals surface area contributed by atoms with Crippen LogP contribution >= 0.6 is 11.8 Å². The molecule has 0 spiro atoms. The lowest BCUT2D eigenvalue weighted by Crippen LogP contribution is -2.29. The Morgan fingerprint density at radius 2 is 1.88 bits per heavy atom. The quantitative estimate of drug-likeness (QED) is 0.389. The molecule has 1 unspecified atom stereocenters. The summed E-state index contributed by atoms with van der Waals surface area (Å²) >= 11 is 1.25. The molecule has 3 heterocycles. The van der Waals surface area contributed by atoms with E-state index in [1.165, 1.54) is 36.7 Å². The fourth-order valence-electron chi connectivity index (χ4n) is 3.97. The third-order valence-electron chi connectivity index (χ3n) is 5.73. The van der Waals surface area contributed by atoms with Gasteiger partial charge >= 0.3 is 0 Å². The molecule has 2 aromatic carbocycles. The van der Waals surface area contributed by atoms with E-state index in [9.17, 15) is 4.79 Å². The van der Waals surface area contributed by atoms with Crippen LogP contribution in [0.15, 0.2) is 64.4 Å². The minimum absolute atomic E-state index is 0.104. The van der Waals surface area contributed by atoms with Gasteiger partial charge in [0.15, 0.2) is 0 Å². The lowest BCUT2D eigenvalue weighted by atomic mass is 10.1. The second kappa shape index (κ2) is 9.08. The van der Waals surface area contributed by atoms with Crippen molar-refractivity contribution in [3.05, 3.63) is 54.7 Å². The van der Waals surface area contributed by atoms with E-state index in [-0.39, 0.29) is 11.2 Å². The minimum atomic E-state index is -0.381. The number of para-hydroxylation sites is 1. The number of H-pyrrole nitrogens is 1. The van der Waals surface area contributed by atoms with Crippen molar-refractivity contribution < 1.29 is 9.21 Å². The summed E-state index contributed by atoms with van der Waals surface area (Å²) in [6, 6.07) is 16.0. The van der Waals surface area contributed by atoms with Gasteiger partial charge in [-0.3, -0.25) is 4.79 Å². The number of piperidine rings is 1. The van der Waals surface area contributed by atoms with E-state index in [4.69, 9.17) is 4.42 Å². The van der Waals surface area contributed by atoms with Gasteiger partial charge in [-0.25, -0.2) is 0 Å². The van der Waals surface area contributed by atoms with Gasteiger partial charge in [-0.2, -0.15) is 0 Å². The predicted octanol–water partition coefficient (Wildman–Crippen LogP) is 5.33. The van der Waals surface area contributed by atoms with E-state index in [2.05, 4.69) is 37.5 Å². The number of aromatic amines is 1. The number of aromatic nitrogens is 3. The lowest BCUT2D eigenvalue weighted by Gasteiger charge is -2.28. The lowest BCUT2D eigenvalue weighted by molar-refractivity contribution is -0.115. The first-order chi connectivity index (χ1) is 15.7. The molecular weight excluding hydrogens is 422 g/mol. The molecular formula is C24H25N5O2S. The number of nitrogens with one attached hydrogen (secondary N) is 2. The Morgan fingerprint density at radius 1 is 1.09 bits per heavy atom. The number of carbonyl (C=O) groups is 1. The van der Waals surface area contributed by atoms with E-state index in [1.54, 1.807) is 0 Å². The zero-order chi connectivity index (χ0) is 21.9. The number of hydrogen-bond acceptors (Lipinski definition) is 6. The van der Waals surface area contributed by atoms with Crippen molar-refractivity contribution in [3.63, 3.8) is 0 Å². The van der Waals surface area contributed by atoms with E-state index in [0.29, 0.717) is 11.1 Å². The second-order valence-electron chi connectivity index (χ2n) is 7.96. The van der Waals surface area contributed by atoms with Crippen molar-refractivity contribution in [2.75, 3.05) is 23.3 Å². The largest absolute Gasteiger partial charge is 0.411 e. The molecule has 0 radical (unpaired) electrons. The Bertz CT molecular complexity index is 1210. The first-order valence-corrected chi connectivity index (χ1v) is 11.8. The van der Waals surface area contributed by atoms with E-state index in [0.717, 1.165) is 35.2 Å². The van der Waals surface area contributed by atoms with Crippen LogP contribution in [0.5, 0.6) is 0 Å². The zero-order valence-electron chi connectivity index (χ0n) is 17.9. The number of carbonyl (C=O) groups excluding carboxylic acids is 1. The molecule has 1 amide bonds. The van der Waals surface area contributed by atoms with Gasteiger partial charge in [0.1, 0.15) is 0 Å². The fourth-order valence-corrected chi connectivity index (χ4v) is 4.65. The highest BCUT2D eigenvalue weighted by Crippen LogP contribution is 2.31. The van der Waals surface area contributed by atoms with Gasteiger partial charge in [0, 0.05) is 41.6 Å². The normalized spacial score (nSPS) is 15.1. The van der Waals surface area contributed by atoms with Gasteiger partial charge in [-0.15, -0.1) is 10.2 Å². The van der Waals surface area contributed by atoms with Crippen LogP contribution < -0.4 is 10.2 Å². The van der Waals surface area contributed by atoms with Gasteiger partial charge in [-0.1, -0.05) is 30.0 Å². The summed E-state index contributed by atoms with van der Waals surface area (Å²) in [6.45, 7) is 4.03. The summed E-state index contributed by atoms with van der Waals surface area (Å²) in [7, 11) is 0. The van der Waals surface area contributed by atoms with Crippen LogP contribution in [0.2, 0.25) is 0 Å². The molecule has 32 heavy (non-hydrogen) atoms. The van der Waals surface area contributed by atoms with Crippen molar-refractivity contribution in [2.45, 2.75) is 36.7 Å². The number of amides is 1. The summed E-state index contributed by atoms with van der Waals surface area (Å²) in [4.78, 5) is 18.3. The number of anilines is 2. The Hall–Kier alpha value is -3.26. The monoisotopic (exact) mass is 447 g/mol. The van der Waals surface area contributed by atoms with Gasteiger partial charge in [0.05, 0.1) is 10.8 Å². The fraction of sp³-hybridized carbons (Fsp3) is 0.292. The van der Waals surface area contributed by atoms with Gasteiger partial charge < -0.3 is 19.6 Å². The molecule has 4 aromatic rings. The van der Waals surface area contributed by atoms with Crippen LogP contribution in [-0.2, 0) is 4.79 Å². The van der Waals surface area contributed by atoms with Crippen LogP contribution in [0.25, 0.3) is 22.4 Å². The third-order valence-corrected chi connectivity index (χ3v) is 6.66. The molecule has 2 aromatic heterocycles. The van der Waals surface area contributed by atoms with E-state index in [1.807, 2.05) is 49.5 Å². The number of rotatable bonds is 6. The van der Waals surface area contributed by atoms with Crippen LogP contribution in [0.4, 0.5) is 11.4 Å². The molecule has 0 saturated carbocycles. The Kier molecular flexibility index (Phi) is 5.85. The summed E-state index contributed by atoms with van der Waals surface area (Å²) in [5.74, 6) is 0.332. The standard InChI is InChI=1S/C24H25N5O2S/c1-16(22(30)26-17-9-11-18(12-10-17)29-13-5-2-6-14-29)32-24-28-27-23(31-24)20-15-25-21-8-4-3-7-19(20)21/h3-4,7-12,15-16,25H,2,5-6,13-14H2,1H3,(H,26,30). The van der Waals surface area contributed by atoms with Crippen molar-refractivity contribution in [1.29, 1.82) is 0 Å².